The van der Waals surface area contributed by atoms with Gasteiger partial charge in [-0.3, -0.25) is 9.97 Å². The van der Waals surface area contributed by atoms with Gasteiger partial charge in [0.15, 0.2) is 5.75 Å². The number of morpholine rings is 1. The van der Waals surface area contributed by atoms with Crippen LogP contribution in [0.3, 0.4) is 0 Å². The van der Waals surface area contributed by atoms with E-state index in [2.05, 4.69) is 19.9 Å². The van der Waals surface area contributed by atoms with Crippen molar-refractivity contribution in [3.8, 4) is 0 Å². The Labute approximate surface area is 174 Å². The van der Waals surface area contributed by atoms with Gasteiger partial charge in [-0.2, -0.15) is 18.2 Å². The van der Waals surface area contributed by atoms with E-state index in [4.69, 9.17) is 4.74 Å². The van der Waals surface area contributed by atoms with Crippen LogP contribution in [0.4, 0.5) is 18.9 Å². The van der Waals surface area contributed by atoms with Crippen LogP contribution < -0.4 is 4.90 Å². The van der Waals surface area contributed by atoms with Crippen molar-refractivity contribution < 1.29 is 22.5 Å². The van der Waals surface area contributed by atoms with E-state index in [-0.39, 0.29) is 16.4 Å². The molecule has 1 unspecified atom stereocenters. The highest BCUT2D eigenvalue weighted by molar-refractivity contribution is 7.90. The summed E-state index contributed by atoms with van der Waals surface area (Å²) >= 11 is -1.57. The quantitative estimate of drug-likeness (QED) is 0.615. The van der Waals surface area contributed by atoms with Gasteiger partial charge in [-0.05, 0) is 30.7 Å². The lowest BCUT2D eigenvalue weighted by atomic mass is 10.1. The highest BCUT2D eigenvalue weighted by Gasteiger charge is 2.31. The lowest BCUT2D eigenvalue weighted by Gasteiger charge is -2.31. The number of pyridine rings is 1. The zero-order chi connectivity index (χ0) is 21.3. The van der Waals surface area contributed by atoms with E-state index in [1.54, 1.807) is 6.20 Å². The maximum Gasteiger partial charge on any atom is 0.416 e. The summed E-state index contributed by atoms with van der Waals surface area (Å²) in [5, 5.41) is 0.143. The third kappa shape index (κ3) is 4.26. The van der Waals surface area contributed by atoms with Crippen LogP contribution in [0.2, 0.25) is 0 Å². The molecule has 160 valence electrons. The maximum absolute atomic E-state index is 12.9. The number of ether oxygens (including phenoxy) is 1. The first-order chi connectivity index (χ1) is 14.4. The minimum Gasteiger partial charge on any atom is -0.609 e. The smallest absolute Gasteiger partial charge is 0.416 e. The molecule has 1 atom stereocenters. The summed E-state index contributed by atoms with van der Waals surface area (Å²) in [5.41, 5.74) is 2.55. The topological polar surface area (TPSA) is 77.1 Å². The number of alkyl halides is 3. The minimum absolute atomic E-state index is 0.132. The number of fused-ring (bicyclic) bond motifs is 1. The third-order valence-corrected chi connectivity index (χ3v) is 6.26. The number of halogens is 3. The van der Waals surface area contributed by atoms with E-state index in [1.807, 2.05) is 13.0 Å². The van der Waals surface area contributed by atoms with Crippen molar-refractivity contribution in [2.75, 3.05) is 31.2 Å². The molecule has 30 heavy (non-hydrogen) atoms. The summed E-state index contributed by atoms with van der Waals surface area (Å²) in [4.78, 5) is 13.7. The van der Waals surface area contributed by atoms with Gasteiger partial charge in [0.25, 0.3) is 0 Å². The van der Waals surface area contributed by atoms with Crippen molar-refractivity contribution in [1.29, 1.82) is 0 Å². The molecule has 4 rings (SSSR count). The Kier molecular flexibility index (Phi) is 5.90. The Morgan fingerprint density at radius 1 is 1.23 bits per heavy atom. The van der Waals surface area contributed by atoms with Crippen molar-refractivity contribution in [2.45, 2.75) is 30.4 Å². The molecule has 10 heteroatoms. The van der Waals surface area contributed by atoms with Crippen molar-refractivity contribution in [3.05, 3.63) is 47.3 Å². The molecule has 0 saturated carbocycles. The van der Waals surface area contributed by atoms with Gasteiger partial charge < -0.3 is 14.2 Å². The molecule has 3 aromatic rings. The molecule has 3 heterocycles. The molecule has 0 radical (unpaired) electrons. The van der Waals surface area contributed by atoms with Gasteiger partial charge in [-0.1, -0.05) is 6.92 Å². The van der Waals surface area contributed by atoms with E-state index in [0.717, 1.165) is 42.9 Å². The summed E-state index contributed by atoms with van der Waals surface area (Å²) in [6.45, 7) is 4.90. The van der Waals surface area contributed by atoms with Crippen LogP contribution in [0.1, 0.15) is 23.7 Å². The summed E-state index contributed by atoms with van der Waals surface area (Å²) in [5.74, 6) is 0.132. The van der Waals surface area contributed by atoms with E-state index in [9.17, 15) is 17.7 Å². The molecule has 6 nitrogen and oxygen atoms in total. The predicted molar refractivity (Wildman–Crippen MR) is 108 cm³/mol. The first-order valence-corrected chi connectivity index (χ1v) is 10.9. The fourth-order valence-electron chi connectivity index (χ4n) is 3.59. The lowest BCUT2D eigenvalue weighted by molar-refractivity contribution is -0.137. The summed E-state index contributed by atoms with van der Waals surface area (Å²) in [6, 6.07) is 5.20. The second kappa shape index (κ2) is 8.44. The number of H-pyrrole nitrogens is 1. The molecule has 1 fully saturated rings. The van der Waals surface area contributed by atoms with Gasteiger partial charge in [-0.15, -0.1) is 0 Å². The number of nitrogens with one attached hydrogen (secondary N) is 1. The highest BCUT2D eigenvalue weighted by atomic mass is 32.2. The monoisotopic (exact) mass is 438 g/mol. The van der Waals surface area contributed by atoms with Crippen LogP contribution in [-0.4, -0.2) is 45.8 Å². The standard InChI is InChI=1S/C20H21F3N4O2S/c1-2-14-17(24-6-5-18(14)27-7-9-29-10-8-27)12-30(28)19-25-15-4-3-13(20(21,22)23)11-16(15)26-19/h3-6,11H,2,7-10,12H2,1H3,(H,25,26). The van der Waals surface area contributed by atoms with Crippen molar-refractivity contribution in [1.82, 2.24) is 15.0 Å². The van der Waals surface area contributed by atoms with E-state index < -0.39 is 22.9 Å². The molecular formula is C20H21F3N4O2S. The fourth-order valence-corrected chi connectivity index (χ4v) is 4.65. The molecule has 2 aromatic heterocycles. The van der Waals surface area contributed by atoms with Gasteiger partial charge in [0.05, 0.1) is 35.5 Å². The van der Waals surface area contributed by atoms with E-state index in [0.29, 0.717) is 24.4 Å². The second-order valence-electron chi connectivity index (χ2n) is 6.97. The van der Waals surface area contributed by atoms with Crippen LogP contribution in [0, 0.1) is 0 Å². The predicted octanol–water partition coefficient (Wildman–Crippen LogP) is 3.68. The Bertz CT molecular complexity index is 1030. The molecule has 0 spiro atoms. The first kappa shape index (κ1) is 21.0. The zero-order valence-electron chi connectivity index (χ0n) is 16.3. The number of anilines is 1. The molecule has 1 aliphatic heterocycles. The molecular weight excluding hydrogens is 417 g/mol. The Morgan fingerprint density at radius 3 is 2.70 bits per heavy atom. The number of aromatic amines is 1. The van der Waals surface area contributed by atoms with Gasteiger partial charge in [0, 0.05) is 41.7 Å². The molecule has 1 saturated heterocycles. The van der Waals surface area contributed by atoms with Crippen molar-refractivity contribution in [3.63, 3.8) is 0 Å². The second-order valence-corrected chi connectivity index (χ2v) is 8.34. The third-order valence-electron chi connectivity index (χ3n) is 5.10. The summed E-state index contributed by atoms with van der Waals surface area (Å²) in [7, 11) is 0. The molecule has 0 amide bonds. The molecule has 1 N–H and O–H groups in total. The van der Waals surface area contributed by atoms with Crippen LogP contribution in [0.5, 0.6) is 0 Å². The SMILES string of the molecule is CCc1c(N2CCOCC2)ccnc1C[S+]([O-])c1nc2cc(C(F)(F)F)ccc2[nH]1. The van der Waals surface area contributed by atoms with Crippen LogP contribution in [-0.2, 0) is 34.3 Å². The molecule has 1 aromatic carbocycles. The maximum atomic E-state index is 12.9. The summed E-state index contributed by atoms with van der Waals surface area (Å²) in [6.07, 6.45) is -2.03. The van der Waals surface area contributed by atoms with Crippen LogP contribution >= 0.6 is 0 Å². The summed E-state index contributed by atoms with van der Waals surface area (Å²) < 4.78 is 57.1. The van der Waals surface area contributed by atoms with Gasteiger partial charge in [-0.25, -0.2) is 0 Å². The Hall–Kier alpha value is -2.30. The molecule has 0 aliphatic carbocycles. The average Bonchev–Trinajstić information content (AvgIpc) is 3.17. The average molecular weight is 438 g/mol. The molecule has 0 bridgehead atoms. The number of rotatable bonds is 5. The number of aromatic nitrogens is 3. The Balaban J connectivity index is 1.59. The minimum atomic E-state index is -4.45. The number of hydrogen-bond donors (Lipinski definition) is 1. The Morgan fingerprint density at radius 2 is 2.00 bits per heavy atom. The number of imidazole rings is 1. The number of hydrogen-bond acceptors (Lipinski definition) is 5. The number of nitrogens with zero attached hydrogens (tertiary/aromatic N) is 3. The van der Waals surface area contributed by atoms with E-state index in [1.165, 1.54) is 6.07 Å². The lowest BCUT2D eigenvalue weighted by Crippen LogP contribution is -2.37. The first-order valence-electron chi connectivity index (χ1n) is 9.61. The molecule has 1 aliphatic rings. The highest BCUT2D eigenvalue weighted by Crippen LogP contribution is 2.32. The van der Waals surface area contributed by atoms with E-state index >= 15 is 0 Å². The number of benzene rings is 1. The van der Waals surface area contributed by atoms with Crippen molar-refractivity contribution in [2.24, 2.45) is 0 Å². The zero-order valence-corrected chi connectivity index (χ0v) is 17.1. The van der Waals surface area contributed by atoms with Gasteiger partial charge >= 0.3 is 11.3 Å². The van der Waals surface area contributed by atoms with Crippen molar-refractivity contribution >= 4 is 27.9 Å². The van der Waals surface area contributed by atoms with Gasteiger partial charge in [0.2, 0.25) is 0 Å². The largest absolute Gasteiger partial charge is 0.609 e. The fraction of sp³-hybridized carbons (Fsp3) is 0.400. The van der Waals surface area contributed by atoms with Crippen LogP contribution in [0.25, 0.3) is 11.0 Å². The normalized spacial score (nSPS) is 16.2. The van der Waals surface area contributed by atoms with Crippen LogP contribution in [0.15, 0.2) is 35.6 Å². The van der Waals surface area contributed by atoms with Gasteiger partial charge in [0.1, 0.15) is 0 Å².